The molecule has 1 fully saturated rings. The second kappa shape index (κ2) is 7.74. The number of halogens is 2. The van der Waals surface area contributed by atoms with Gasteiger partial charge in [0, 0.05) is 42.6 Å². The number of benzene rings is 1. The van der Waals surface area contributed by atoms with Crippen molar-refractivity contribution in [3.05, 3.63) is 50.1 Å². The molecule has 0 saturated carbocycles. The summed E-state index contributed by atoms with van der Waals surface area (Å²) in [6, 6.07) is 9.10. The first-order valence-electron chi connectivity index (χ1n) is 7.66. The van der Waals surface area contributed by atoms with Gasteiger partial charge in [-0.2, -0.15) is 0 Å². The summed E-state index contributed by atoms with van der Waals surface area (Å²) in [4.78, 5) is 18.2. The molecule has 0 radical (unpaired) electrons. The van der Waals surface area contributed by atoms with Crippen LogP contribution in [0, 0.1) is 0 Å². The molecule has 24 heavy (non-hydrogen) atoms. The van der Waals surface area contributed by atoms with E-state index in [0.29, 0.717) is 29.4 Å². The number of carbonyl (C=O) groups excluding carboxylic acids is 1. The summed E-state index contributed by atoms with van der Waals surface area (Å²) in [7, 11) is 1.55. The second-order valence-corrected chi connectivity index (χ2v) is 7.85. The van der Waals surface area contributed by atoms with E-state index >= 15 is 0 Å². The first kappa shape index (κ1) is 17.5. The Kier molecular flexibility index (Phi) is 5.66. The van der Waals surface area contributed by atoms with E-state index < -0.39 is 0 Å². The van der Waals surface area contributed by atoms with Gasteiger partial charge in [0.1, 0.15) is 5.75 Å². The minimum absolute atomic E-state index is 0.0117. The number of thiophene rings is 1. The van der Waals surface area contributed by atoms with Crippen LogP contribution in [0.3, 0.4) is 0 Å². The minimum atomic E-state index is -0.0117. The summed E-state index contributed by atoms with van der Waals surface area (Å²) in [5.74, 6) is 0.505. The molecule has 7 heteroatoms. The number of carbonyl (C=O) groups is 1. The standard InChI is InChI=1S/C17H18Cl2N2O2S/c1-23-15-10-12(18)2-4-14(15)17(22)21-8-6-20(7-9-21)11-13-3-5-16(19)24-13/h2-5,10H,6-9,11H2,1H3. The van der Waals surface area contributed by atoms with Crippen LogP contribution in [0.1, 0.15) is 15.2 Å². The van der Waals surface area contributed by atoms with E-state index in [-0.39, 0.29) is 5.91 Å². The van der Waals surface area contributed by atoms with Crippen LogP contribution in [-0.2, 0) is 6.54 Å². The predicted octanol–water partition coefficient (Wildman–Crippen LogP) is 4.02. The van der Waals surface area contributed by atoms with E-state index in [1.54, 1.807) is 36.6 Å². The van der Waals surface area contributed by atoms with Gasteiger partial charge in [0.25, 0.3) is 5.91 Å². The highest BCUT2D eigenvalue weighted by Crippen LogP contribution is 2.26. The molecule has 1 aliphatic heterocycles. The molecule has 0 spiro atoms. The maximum Gasteiger partial charge on any atom is 0.257 e. The Morgan fingerprint density at radius 3 is 2.54 bits per heavy atom. The van der Waals surface area contributed by atoms with Crippen LogP contribution >= 0.6 is 34.5 Å². The van der Waals surface area contributed by atoms with Gasteiger partial charge in [0.2, 0.25) is 0 Å². The average Bonchev–Trinajstić information content (AvgIpc) is 2.99. The maximum atomic E-state index is 12.7. The quantitative estimate of drug-likeness (QED) is 0.797. The van der Waals surface area contributed by atoms with Gasteiger partial charge >= 0.3 is 0 Å². The monoisotopic (exact) mass is 384 g/mol. The zero-order chi connectivity index (χ0) is 17.1. The lowest BCUT2D eigenvalue weighted by Crippen LogP contribution is -2.48. The minimum Gasteiger partial charge on any atom is -0.496 e. The smallest absolute Gasteiger partial charge is 0.257 e. The van der Waals surface area contributed by atoms with Gasteiger partial charge in [0.15, 0.2) is 0 Å². The van der Waals surface area contributed by atoms with E-state index in [1.807, 2.05) is 11.0 Å². The third kappa shape index (κ3) is 4.03. The lowest BCUT2D eigenvalue weighted by Gasteiger charge is -2.34. The van der Waals surface area contributed by atoms with Crippen LogP contribution < -0.4 is 4.74 Å². The number of hydrogen-bond acceptors (Lipinski definition) is 4. The van der Waals surface area contributed by atoms with E-state index in [9.17, 15) is 4.79 Å². The van der Waals surface area contributed by atoms with Gasteiger partial charge in [-0.05, 0) is 30.3 Å². The average molecular weight is 385 g/mol. The fraction of sp³-hybridized carbons (Fsp3) is 0.353. The largest absolute Gasteiger partial charge is 0.496 e. The van der Waals surface area contributed by atoms with E-state index in [4.69, 9.17) is 27.9 Å². The van der Waals surface area contributed by atoms with Crippen molar-refractivity contribution in [1.82, 2.24) is 9.80 Å². The zero-order valence-electron chi connectivity index (χ0n) is 13.3. The van der Waals surface area contributed by atoms with E-state index in [1.165, 1.54) is 4.88 Å². The van der Waals surface area contributed by atoms with Crippen molar-refractivity contribution in [2.75, 3.05) is 33.3 Å². The third-order valence-electron chi connectivity index (χ3n) is 4.06. The predicted molar refractivity (Wildman–Crippen MR) is 98.5 cm³/mol. The van der Waals surface area contributed by atoms with Crippen molar-refractivity contribution in [3.8, 4) is 5.75 Å². The molecule has 2 aromatic rings. The van der Waals surface area contributed by atoms with Crippen molar-refractivity contribution in [1.29, 1.82) is 0 Å². The molecule has 0 atom stereocenters. The topological polar surface area (TPSA) is 32.8 Å². The molecule has 2 heterocycles. The molecule has 4 nitrogen and oxygen atoms in total. The van der Waals surface area contributed by atoms with Crippen molar-refractivity contribution in [2.45, 2.75) is 6.54 Å². The molecule has 1 aliphatic rings. The van der Waals surface area contributed by atoms with Crippen molar-refractivity contribution in [2.24, 2.45) is 0 Å². The molecular weight excluding hydrogens is 367 g/mol. The van der Waals surface area contributed by atoms with Crippen LogP contribution in [0.2, 0.25) is 9.36 Å². The molecule has 0 aliphatic carbocycles. The van der Waals surface area contributed by atoms with E-state index in [0.717, 1.165) is 24.0 Å². The molecule has 1 saturated heterocycles. The van der Waals surface area contributed by atoms with Gasteiger partial charge < -0.3 is 9.64 Å². The first-order chi connectivity index (χ1) is 11.6. The van der Waals surface area contributed by atoms with Crippen molar-refractivity contribution >= 4 is 40.4 Å². The summed E-state index contributed by atoms with van der Waals surface area (Å²) in [6.45, 7) is 3.96. The number of piperazine rings is 1. The number of amides is 1. The Morgan fingerprint density at radius 2 is 1.92 bits per heavy atom. The summed E-state index contributed by atoms with van der Waals surface area (Å²) >= 11 is 13.5. The highest BCUT2D eigenvalue weighted by Gasteiger charge is 2.24. The molecular formula is C17H18Cl2N2O2S. The van der Waals surface area contributed by atoms with Crippen LogP contribution in [0.15, 0.2) is 30.3 Å². The summed E-state index contributed by atoms with van der Waals surface area (Å²) < 4.78 is 6.10. The Bertz CT molecular complexity index is 727. The Morgan fingerprint density at radius 1 is 1.17 bits per heavy atom. The van der Waals surface area contributed by atoms with E-state index in [2.05, 4.69) is 11.0 Å². The fourth-order valence-corrected chi connectivity index (χ4v) is 4.07. The molecule has 0 unspecified atom stereocenters. The highest BCUT2D eigenvalue weighted by atomic mass is 35.5. The highest BCUT2D eigenvalue weighted by molar-refractivity contribution is 7.16. The Hall–Kier alpha value is -1.27. The van der Waals surface area contributed by atoms with Crippen LogP contribution in [-0.4, -0.2) is 49.0 Å². The summed E-state index contributed by atoms with van der Waals surface area (Å²) in [6.07, 6.45) is 0. The van der Waals surface area contributed by atoms with Crippen LogP contribution in [0.5, 0.6) is 5.75 Å². The van der Waals surface area contributed by atoms with Crippen molar-refractivity contribution in [3.63, 3.8) is 0 Å². The van der Waals surface area contributed by atoms with Gasteiger partial charge in [-0.15, -0.1) is 11.3 Å². The lowest BCUT2D eigenvalue weighted by molar-refractivity contribution is 0.0626. The second-order valence-electron chi connectivity index (χ2n) is 5.62. The fourth-order valence-electron chi connectivity index (χ4n) is 2.78. The molecule has 1 aromatic carbocycles. The Balaban J connectivity index is 1.61. The van der Waals surface area contributed by atoms with Gasteiger partial charge in [-0.3, -0.25) is 9.69 Å². The SMILES string of the molecule is COc1cc(Cl)ccc1C(=O)N1CCN(Cc2ccc(Cl)s2)CC1. The molecule has 0 N–H and O–H groups in total. The molecule has 3 rings (SSSR count). The molecule has 128 valence electrons. The van der Waals surface area contributed by atoms with Crippen molar-refractivity contribution < 1.29 is 9.53 Å². The van der Waals surface area contributed by atoms with Crippen LogP contribution in [0.25, 0.3) is 0 Å². The summed E-state index contributed by atoms with van der Waals surface area (Å²) in [5, 5.41) is 0.558. The van der Waals surface area contributed by atoms with Crippen LogP contribution in [0.4, 0.5) is 0 Å². The number of ether oxygens (including phenoxy) is 1. The first-order valence-corrected chi connectivity index (χ1v) is 9.23. The van der Waals surface area contributed by atoms with Gasteiger partial charge in [-0.25, -0.2) is 0 Å². The normalized spacial score (nSPS) is 15.5. The molecule has 1 amide bonds. The van der Waals surface area contributed by atoms with Gasteiger partial charge in [0.05, 0.1) is 17.0 Å². The number of methoxy groups -OCH3 is 1. The number of rotatable bonds is 4. The number of hydrogen-bond donors (Lipinski definition) is 0. The number of nitrogens with zero attached hydrogens (tertiary/aromatic N) is 2. The summed E-state index contributed by atoms with van der Waals surface area (Å²) in [5.41, 5.74) is 0.556. The lowest BCUT2D eigenvalue weighted by atomic mass is 10.1. The molecule has 0 bridgehead atoms. The zero-order valence-corrected chi connectivity index (χ0v) is 15.6. The van der Waals surface area contributed by atoms with Gasteiger partial charge in [-0.1, -0.05) is 23.2 Å². The third-order valence-corrected chi connectivity index (χ3v) is 5.51. The Labute approximate surface area is 155 Å². The molecule has 1 aromatic heterocycles. The maximum absolute atomic E-state index is 12.7.